The van der Waals surface area contributed by atoms with Gasteiger partial charge in [0.2, 0.25) is 0 Å². The van der Waals surface area contributed by atoms with Gasteiger partial charge < -0.3 is 20.1 Å². The summed E-state index contributed by atoms with van der Waals surface area (Å²) in [7, 11) is 0. The van der Waals surface area contributed by atoms with Gasteiger partial charge in [-0.1, -0.05) is 6.07 Å². The number of rotatable bonds is 3. The molecule has 2 fully saturated rings. The van der Waals surface area contributed by atoms with E-state index in [0.29, 0.717) is 26.2 Å². The van der Waals surface area contributed by atoms with E-state index in [-0.39, 0.29) is 30.8 Å². The van der Waals surface area contributed by atoms with Gasteiger partial charge in [0.25, 0.3) is 0 Å². The number of aliphatic carboxylic acids is 1. The molecule has 2 amide bonds. The summed E-state index contributed by atoms with van der Waals surface area (Å²) in [5.74, 6) is -1.01. The van der Waals surface area contributed by atoms with Gasteiger partial charge in [0, 0.05) is 31.2 Å². The van der Waals surface area contributed by atoms with Crippen molar-refractivity contribution in [2.75, 3.05) is 44.7 Å². The third-order valence-corrected chi connectivity index (χ3v) is 4.61. The number of nitrogens with one attached hydrogen (secondary N) is 1. The van der Waals surface area contributed by atoms with Crippen molar-refractivity contribution >= 4 is 17.7 Å². The van der Waals surface area contributed by atoms with Gasteiger partial charge in [-0.3, -0.25) is 9.69 Å². The summed E-state index contributed by atoms with van der Waals surface area (Å²) in [6.45, 7) is 1.69. The van der Waals surface area contributed by atoms with Crippen LogP contribution < -0.4 is 5.32 Å². The Hall–Kier alpha value is -2.33. The zero-order valence-electron chi connectivity index (χ0n) is 14.4. The van der Waals surface area contributed by atoms with Crippen LogP contribution in [0.3, 0.4) is 0 Å². The average molecular weight is 387 g/mol. The van der Waals surface area contributed by atoms with Crippen LogP contribution in [0.5, 0.6) is 0 Å². The predicted octanol–water partition coefficient (Wildman–Crippen LogP) is 1.95. The summed E-state index contributed by atoms with van der Waals surface area (Å²) in [5, 5.41) is 11.5. The maximum absolute atomic E-state index is 12.8. The number of fused-ring (bicyclic) bond motifs is 3. The summed E-state index contributed by atoms with van der Waals surface area (Å²) >= 11 is 0. The van der Waals surface area contributed by atoms with Crippen molar-refractivity contribution in [3.05, 3.63) is 29.8 Å². The van der Waals surface area contributed by atoms with Gasteiger partial charge in [-0.25, -0.2) is 4.79 Å². The highest BCUT2D eigenvalue weighted by molar-refractivity contribution is 5.89. The van der Waals surface area contributed by atoms with Crippen molar-refractivity contribution in [2.45, 2.75) is 12.2 Å². The number of benzene rings is 1. The first-order valence-corrected chi connectivity index (χ1v) is 8.49. The Morgan fingerprint density at radius 3 is 2.70 bits per heavy atom. The molecule has 2 saturated heterocycles. The molecule has 2 heterocycles. The van der Waals surface area contributed by atoms with E-state index in [0.717, 1.165) is 12.1 Å². The minimum atomic E-state index is -4.49. The Kier molecular flexibility index (Phi) is 5.56. The van der Waals surface area contributed by atoms with Gasteiger partial charge >= 0.3 is 18.2 Å². The molecule has 0 radical (unpaired) electrons. The molecule has 2 aliphatic rings. The molecule has 0 aromatic heterocycles. The maximum atomic E-state index is 12.8. The Morgan fingerprint density at radius 1 is 1.22 bits per heavy atom. The molecule has 0 saturated carbocycles. The smallest absolute Gasteiger partial charge is 0.416 e. The molecular weight excluding hydrogens is 367 g/mol. The van der Waals surface area contributed by atoms with Crippen molar-refractivity contribution in [3.8, 4) is 0 Å². The van der Waals surface area contributed by atoms with E-state index >= 15 is 0 Å². The second-order valence-corrected chi connectivity index (χ2v) is 6.81. The summed E-state index contributed by atoms with van der Waals surface area (Å²) in [5.41, 5.74) is -0.789. The van der Waals surface area contributed by atoms with E-state index in [2.05, 4.69) is 5.32 Å². The van der Waals surface area contributed by atoms with Crippen LogP contribution >= 0.6 is 0 Å². The number of carbonyl (C=O) groups excluding carboxylic acids is 1. The van der Waals surface area contributed by atoms with E-state index in [4.69, 9.17) is 9.84 Å². The zero-order valence-corrected chi connectivity index (χ0v) is 14.4. The lowest BCUT2D eigenvalue weighted by atomic mass is 10.1. The number of hydrogen-bond donors (Lipinski definition) is 2. The van der Waals surface area contributed by atoms with Crippen LogP contribution in [0.15, 0.2) is 24.3 Å². The molecule has 2 aliphatic heterocycles. The van der Waals surface area contributed by atoms with Crippen LogP contribution in [0, 0.1) is 5.92 Å². The molecule has 148 valence electrons. The standard InChI is InChI=1S/C17H20F3N3O4/c18-17(19,20)12-2-1-3-13(4-12)21-16(26)23-6-11-5-22(8-15(24)25)7-14(23)10-27-9-11/h1-4,11,14H,5-10H2,(H,21,26)(H,24,25)/t11-,14-/m0/s1. The lowest BCUT2D eigenvalue weighted by molar-refractivity contribution is -0.139. The molecule has 1 aromatic carbocycles. The number of urea groups is 1. The Bertz CT molecular complexity index is 713. The van der Waals surface area contributed by atoms with E-state index in [1.165, 1.54) is 17.0 Å². The highest BCUT2D eigenvalue weighted by Gasteiger charge is 2.36. The highest BCUT2D eigenvalue weighted by Crippen LogP contribution is 2.31. The molecular formula is C17H20F3N3O4. The Morgan fingerprint density at radius 2 is 2.00 bits per heavy atom. The molecule has 27 heavy (non-hydrogen) atoms. The van der Waals surface area contributed by atoms with Gasteiger partial charge in [0.1, 0.15) is 0 Å². The highest BCUT2D eigenvalue weighted by atomic mass is 19.4. The number of alkyl halides is 3. The lowest BCUT2D eigenvalue weighted by Gasteiger charge is -2.30. The third kappa shape index (κ3) is 4.89. The van der Waals surface area contributed by atoms with Crippen molar-refractivity contribution in [1.29, 1.82) is 0 Å². The zero-order chi connectivity index (χ0) is 19.6. The quantitative estimate of drug-likeness (QED) is 0.829. The van der Waals surface area contributed by atoms with Crippen molar-refractivity contribution in [1.82, 2.24) is 9.80 Å². The van der Waals surface area contributed by atoms with Gasteiger partial charge in [0.15, 0.2) is 0 Å². The lowest BCUT2D eigenvalue weighted by Crippen LogP contribution is -2.48. The van der Waals surface area contributed by atoms with Crippen LogP contribution in [-0.4, -0.2) is 72.3 Å². The second kappa shape index (κ2) is 7.73. The van der Waals surface area contributed by atoms with Gasteiger partial charge in [-0.2, -0.15) is 13.2 Å². The monoisotopic (exact) mass is 387 g/mol. The largest absolute Gasteiger partial charge is 0.480 e. The second-order valence-electron chi connectivity index (χ2n) is 6.81. The number of carboxylic acid groups (broad SMARTS) is 1. The fourth-order valence-corrected chi connectivity index (χ4v) is 3.48. The summed E-state index contributed by atoms with van der Waals surface area (Å²) in [6.07, 6.45) is -4.49. The number of carbonyl (C=O) groups is 2. The van der Waals surface area contributed by atoms with Gasteiger partial charge in [0.05, 0.1) is 31.4 Å². The molecule has 2 N–H and O–H groups in total. The molecule has 7 nitrogen and oxygen atoms in total. The molecule has 0 spiro atoms. The molecule has 1 aromatic rings. The van der Waals surface area contributed by atoms with Crippen molar-refractivity contribution < 1.29 is 32.6 Å². The molecule has 3 rings (SSSR count). The first-order valence-electron chi connectivity index (χ1n) is 8.49. The van der Waals surface area contributed by atoms with Crippen LogP contribution in [-0.2, 0) is 15.7 Å². The van der Waals surface area contributed by atoms with Gasteiger partial charge in [-0.05, 0) is 18.2 Å². The Balaban J connectivity index is 1.73. The van der Waals surface area contributed by atoms with E-state index < -0.39 is 23.7 Å². The van der Waals surface area contributed by atoms with Crippen LogP contribution in [0.2, 0.25) is 0 Å². The van der Waals surface area contributed by atoms with E-state index in [1.807, 2.05) is 0 Å². The molecule has 2 bridgehead atoms. The number of carboxylic acids is 1. The van der Waals surface area contributed by atoms with Crippen LogP contribution in [0.4, 0.5) is 23.7 Å². The van der Waals surface area contributed by atoms with Crippen LogP contribution in [0.1, 0.15) is 5.56 Å². The van der Waals surface area contributed by atoms with Gasteiger partial charge in [-0.15, -0.1) is 0 Å². The first kappa shape index (κ1) is 19.4. The molecule has 10 heteroatoms. The SMILES string of the molecule is O=C(O)CN1C[C@@H]2COC[C@H](C1)N(C(=O)Nc1cccc(C(F)(F)F)c1)C2. The minimum absolute atomic E-state index is 0.0527. The third-order valence-electron chi connectivity index (χ3n) is 4.61. The number of hydrogen-bond acceptors (Lipinski definition) is 4. The summed E-state index contributed by atoms with van der Waals surface area (Å²) in [4.78, 5) is 27.0. The first-order chi connectivity index (χ1) is 12.7. The minimum Gasteiger partial charge on any atom is -0.480 e. The molecule has 0 unspecified atom stereocenters. The van der Waals surface area contributed by atoms with E-state index in [9.17, 15) is 22.8 Å². The normalized spacial score (nSPS) is 23.6. The number of ether oxygens (including phenoxy) is 1. The Labute approximate surface area is 153 Å². The topological polar surface area (TPSA) is 82.1 Å². The molecule has 2 atom stereocenters. The number of anilines is 1. The van der Waals surface area contributed by atoms with E-state index in [1.54, 1.807) is 4.90 Å². The maximum Gasteiger partial charge on any atom is 0.416 e. The summed E-state index contributed by atoms with van der Waals surface area (Å²) < 4.78 is 44.1. The predicted molar refractivity (Wildman–Crippen MR) is 89.3 cm³/mol. The van der Waals surface area contributed by atoms with Crippen molar-refractivity contribution in [3.63, 3.8) is 0 Å². The van der Waals surface area contributed by atoms with Crippen LogP contribution in [0.25, 0.3) is 0 Å². The fraction of sp³-hybridized carbons (Fsp3) is 0.529. The average Bonchev–Trinajstić information content (AvgIpc) is 2.84. The number of amides is 2. The van der Waals surface area contributed by atoms with Crippen molar-refractivity contribution in [2.24, 2.45) is 5.92 Å². The number of halogens is 3. The summed E-state index contributed by atoms with van der Waals surface area (Å²) in [6, 6.07) is 3.55. The number of nitrogens with zero attached hydrogens (tertiary/aromatic N) is 2. The fourth-order valence-electron chi connectivity index (χ4n) is 3.48. The molecule has 0 aliphatic carbocycles.